The van der Waals surface area contributed by atoms with Crippen LogP contribution in [0.25, 0.3) is 32.4 Å². The number of nitrogens with zero attached hydrogens (tertiary/aromatic N) is 4. The molecule has 14 heteroatoms. The number of halogens is 4. The zero-order chi connectivity index (χ0) is 30.5. The molecule has 4 heterocycles. The van der Waals surface area contributed by atoms with Crippen LogP contribution in [-0.4, -0.2) is 43.0 Å². The van der Waals surface area contributed by atoms with Gasteiger partial charge in [0.1, 0.15) is 23.9 Å². The Kier molecular flexibility index (Phi) is 7.50. The predicted molar refractivity (Wildman–Crippen MR) is 151 cm³/mol. The summed E-state index contributed by atoms with van der Waals surface area (Å²) >= 11 is 7.52. The van der Waals surface area contributed by atoms with Crippen molar-refractivity contribution in [1.29, 1.82) is 0 Å². The van der Waals surface area contributed by atoms with Gasteiger partial charge < -0.3 is 9.84 Å². The minimum absolute atomic E-state index is 0.0409. The third-order valence-electron chi connectivity index (χ3n) is 6.45. The standard InChI is InChI=1S/C28H20ClF3N4O5S/c1-12-8-17(25-23(33-12)18(11-42-25)27(39)40)16-9-15(29)4-5-21(16)41-7-6-36-14(3)34-20-10-19(28(30,31)32)22(13(2)37)35-24(20)26(36)38/h4-5,8-11H,6-7H2,1-3H3,(H,39,40). The van der Waals surface area contributed by atoms with E-state index < -0.39 is 34.7 Å². The highest BCUT2D eigenvalue weighted by Gasteiger charge is 2.36. The SMILES string of the molecule is CC(=O)c1nc2c(=O)n(CCOc3ccc(Cl)cc3-c3cc(C)nc4c(C(=O)O)csc34)c(C)nc2cc1C(F)(F)F. The smallest absolute Gasteiger partial charge is 0.418 e. The summed E-state index contributed by atoms with van der Waals surface area (Å²) in [5.41, 5.74) is -1.25. The predicted octanol–water partition coefficient (Wildman–Crippen LogP) is 6.34. The van der Waals surface area contributed by atoms with Crippen LogP contribution in [0.2, 0.25) is 5.02 Å². The number of benzene rings is 1. The number of hydrogen-bond acceptors (Lipinski definition) is 8. The molecule has 0 amide bonds. The van der Waals surface area contributed by atoms with E-state index in [9.17, 15) is 32.7 Å². The zero-order valence-electron chi connectivity index (χ0n) is 22.2. The van der Waals surface area contributed by atoms with E-state index in [-0.39, 0.29) is 35.6 Å². The summed E-state index contributed by atoms with van der Waals surface area (Å²) in [6.45, 7) is 4.05. The summed E-state index contributed by atoms with van der Waals surface area (Å²) in [5, 5.41) is 11.5. The number of aromatic carboxylic acids is 1. The first kappa shape index (κ1) is 29.1. The largest absolute Gasteiger partial charge is 0.491 e. The van der Waals surface area contributed by atoms with Crippen LogP contribution in [0, 0.1) is 13.8 Å². The highest BCUT2D eigenvalue weighted by molar-refractivity contribution is 7.18. The van der Waals surface area contributed by atoms with Gasteiger partial charge in [-0.1, -0.05) is 11.6 Å². The van der Waals surface area contributed by atoms with Crippen molar-refractivity contribution in [3.63, 3.8) is 0 Å². The van der Waals surface area contributed by atoms with Gasteiger partial charge in [0.25, 0.3) is 5.56 Å². The number of carboxylic acid groups (broad SMARTS) is 1. The van der Waals surface area contributed by atoms with Gasteiger partial charge in [0.05, 0.1) is 33.4 Å². The molecule has 5 rings (SSSR count). The molecule has 216 valence electrons. The second-order valence-corrected chi connectivity index (χ2v) is 10.7. The van der Waals surface area contributed by atoms with Gasteiger partial charge in [0, 0.05) is 34.1 Å². The van der Waals surface area contributed by atoms with Crippen LogP contribution < -0.4 is 10.3 Å². The number of Topliss-reactive ketones (excluding diaryl/α,β-unsaturated/α-hetero) is 1. The molecule has 0 aliphatic rings. The topological polar surface area (TPSA) is 124 Å². The van der Waals surface area contributed by atoms with Crippen molar-refractivity contribution in [2.45, 2.75) is 33.5 Å². The fraction of sp³-hybridized carbons (Fsp3) is 0.214. The molecular formula is C28H20ClF3N4O5S. The van der Waals surface area contributed by atoms with Crippen LogP contribution in [0.1, 0.15) is 44.9 Å². The average molecular weight is 617 g/mol. The first-order valence-corrected chi connectivity index (χ1v) is 13.6. The summed E-state index contributed by atoms with van der Waals surface area (Å²) < 4.78 is 48.4. The molecule has 42 heavy (non-hydrogen) atoms. The Morgan fingerprint density at radius 1 is 1.07 bits per heavy atom. The molecule has 0 aliphatic heterocycles. The van der Waals surface area contributed by atoms with E-state index >= 15 is 0 Å². The second-order valence-electron chi connectivity index (χ2n) is 9.35. The van der Waals surface area contributed by atoms with E-state index in [2.05, 4.69) is 15.0 Å². The van der Waals surface area contributed by atoms with E-state index in [1.54, 1.807) is 31.2 Å². The van der Waals surface area contributed by atoms with Gasteiger partial charge in [-0.2, -0.15) is 13.2 Å². The molecule has 0 aliphatic carbocycles. The molecule has 0 fully saturated rings. The number of rotatable bonds is 7. The number of ether oxygens (including phenoxy) is 1. The van der Waals surface area contributed by atoms with E-state index in [0.29, 0.717) is 43.9 Å². The van der Waals surface area contributed by atoms with Crippen LogP contribution in [0.4, 0.5) is 13.2 Å². The van der Waals surface area contributed by atoms with E-state index in [1.165, 1.54) is 28.2 Å². The molecule has 0 unspecified atom stereocenters. The van der Waals surface area contributed by atoms with Gasteiger partial charge in [-0.05, 0) is 44.2 Å². The minimum Gasteiger partial charge on any atom is -0.491 e. The normalized spacial score (nSPS) is 11.8. The van der Waals surface area contributed by atoms with Crippen molar-refractivity contribution in [3.8, 4) is 16.9 Å². The van der Waals surface area contributed by atoms with Crippen LogP contribution >= 0.6 is 22.9 Å². The first-order valence-electron chi connectivity index (χ1n) is 12.3. The van der Waals surface area contributed by atoms with Gasteiger partial charge in [-0.15, -0.1) is 11.3 Å². The number of carboxylic acids is 1. The summed E-state index contributed by atoms with van der Waals surface area (Å²) in [6.07, 6.45) is -4.85. The maximum atomic E-state index is 13.5. The number of ketones is 1. The highest BCUT2D eigenvalue weighted by atomic mass is 35.5. The molecule has 0 bridgehead atoms. The van der Waals surface area contributed by atoms with Crippen molar-refractivity contribution in [2.75, 3.05) is 6.61 Å². The van der Waals surface area contributed by atoms with Crippen molar-refractivity contribution >= 4 is 55.9 Å². The van der Waals surface area contributed by atoms with Gasteiger partial charge >= 0.3 is 12.1 Å². The number of thiophene rings is 1. The third-order valence-corrected chi connectivity index (χ3v) is 7.68. The molecule has 5 aromatic rings. The van der Waals surface area contributed by atoms with Gasteiger partial charge in [0.2, 0.25) is 0 Å². The van der Waals surface area contributed by atoms with Crippen LogP contribution in [0.3, 0.4) is 0 Å². The maximum Gasteiger partial charge on any atom is 0.418 e. The van der Waals surface area contributed by atoms with E-state index in [0.717, 1.165) is 6.92 Å². The number of hydrogen-bond donors (Lipinski definition) is 1. The molecule has 9 nitrogen and oxygen atoms in total. The number of aromatic nitrogens is 4. The van der Waals surface area contributed by atoms with Crippen LogP contribution in [0.15, 0.2) is 40.5 Å². The lowest BCUT2D eigenvalue weighted by Crippen LogP contribution is -2.28. The molecule has 0 spiro atoms. The number of fused-ring (bicyclic) bond motifs is 2. The lowest BCUT2D eigenvalue weighted by molar-refractivity contribution is -0.138. The van der Waals surface area contributed by atoms with Crippen molar-refractivity contribution in [3.05, 3.63) is 79.4 Å². The number of carbonyl (C=O) groups is 2. The Morgan fingerprint density at radius 3 is 2.48 bits per heavy atom. The zero-order valence-corrected chi connectivity index (χ0v) is 23.7. The summed E-state index contributed by atoms with van der Waals surface area (Å²) in [5.74, 6) is -1.51. The molecule has 0 atom stereocenters. The number of alkyl halides is 3. The summed E-state index contributed by atoms with van der Waals surface area (Å²) in [6, 6.07) is 7.37. The molecule has 4 aromatic heterocycles. The molecule has 0 radical (unpaired) electrons. The summed E-state index contributed by atoms with van der Waals surface area (Å²) in [7, 11) is 0. The molecule has 1 aromatic carbocycles. The van der Waals surface area contributed by atoms with Gasteiger partial charge in [0.15, 0.2) is 11.3 Å². The molecule has 1 N–H and O–H groups in total. The Labute approximate surface area is 244 Å². The van der Waals surface area contributed by atoms with E-state index in [4.69, 9.17) is 16.3 Å². The average Bonchev–Trinajstić information content (AvgIpc) is 3.33. The Bertz CT molecular complexity index is 1990. The lowest BCUT2D eigenvalue weighted by atomic mass is 10.0. The molecule has 0 saturated heterocycles. The monoisotopic (exact) mass is 616 g/mol. The first-order chi connectivity index (χ1) is 19.8. The van der Waals surface area contributed by atoms with E-state index in [1.807, 2.05) is 0 Å². The second kappa shape index (κ2) is 10.8. The number of carbonyl (C=O) groups excluding carboxylic acids is 1. The van der Waals surface area contributed by atoms with Gasteiger partial charge in [-0.3, -0.25) is 19.1 Å². The Balaban J connectivity index is 1.50. The quantitative estimate of drug-likeness (QED) is 0.210. The number of pyridine rings is 2. The fourth-order valence-corrected chi connectivity index (χ4v) is 5.76. The van der Waals surface area contributed by atoms with Crippen molar-refractivity contribution in [1.82, 2.24) is 19.5 Å². The van der Waals surface area contributed by atoms with Crippen LogP contribution in [-0.2, 0) is 12.7 Å². The molecular weight excluding hydrogens is 597 g/mol. The molecule has 0 saturated carbocycles. The lowest BCUT2D eigenvalue weighted by Gasteiger charge is -2.16. The van der Waals surface area contributed by atoms with Crippen LogP contribution in [0.5, 0.6) is 5.75 Å². The van der Waals surface area contributed by atoms with Crippen molar-refractivity contribution < 1.29 is 32.6 Å². The fourth-order valence-electron chi connectivity index (χ4n) is 4.58. The summed E-state index contributed by atoms with van der Waals surface area (Å²) in [4.78, 5) is 49.1. The number of aryl methyl sites for hydroxylation is 2. The highest BCUT2D eigenvalue weighted by Crippen LogP contribution is 2.40. The van der Waals surface area contributed by atoms with Crippen molar-refractivity contribution in [2.24, 2.45) is 0 Å². The third kappa shape index (κ3) is 5.32. The van der Waals surface area contributed by atoms with Gasteiger partial charge in [-0.25, -0.2) is 14.8 Å². The maximum absolute atomic E-state index is 13.5. The minimum atomic E-state index is -4.85. The Morgan fingerprint density at radius 2 is 1.81 bits per heavy atom. The Hall–Kier alpha value is -4.36.